The Kier molecular flexibility index (Phi) is 6.04. The molecule has 0 spiro atoms. The van der Waals surface area contributed by atoms with Gasteiger partial charge in [-0.25, -0.2) is 13.4 Å². The summed E-state index contributed by atoms with van der Waals surface area (Å²) in [5.41, 5.74) is 4.45. The first kappa shape index (κ1) is 19.3. The minimum atomic E-state index is -3.45. The molecule has 0 aliphatic rings. The highest BCUT2D eigenvalue weighted by atomic mass is 32.2. The maximum absolute atomic E-state index is 12.5. The summed E-state index contributed by atoms with van der Waals surface area (Å²) in [6, 6.07) is 10.3. The van der Waals surface area contributed by atoms with E-state index < -0.39 is 10.0 Å². The van der Waals surface area contributed by atoms with Gasteiger partial charge in [0.1, 0.15) is 5.76 Å². The molecule has 9 heteroatoms. The number of hydrazone groups is 1. The van der Waals surface area contributed by atoms with Gasteiger partial charge < -0.3 is 4.42 Å². The molecule has 0 bridgehead atoms. The topological polar surface area (TPSA) is 87.8 Å². The Labute approximate surface area is 162 Å². The number of nitrogens with one attached hydrogen (secondary N) is 1. The van der Waals surface area contributed by atoms with E-state index in [4.69, 9.17) is 4.42 Å². The smallest absolute Gasteiger partial charge is 0.243 e. The lowest BCUT2D eigenvalue weighted by molar-refractivity contribution is 0.445. The molecule has 7 nitrogen and oxygen atoms in total. The first-order chi connectivity index (χ1) is 13.0. The van der Waals surface area contributed by atoms with Gasteiger partial charge in [-0.3, -0.25) is 5.43 Å². The van der Waals surface area contributed by atoms with Crippen LogP contribution in [0.25, 0.3) is 11.3 Å². The number of rotatable bonds is 8. The van der Waals surface area contributed by atoms with E-state index in [-0.39, 0.29) is 4.90 Å². The minimum absolute atomic E-state index is 0.284. The second-order valence-electron chi connectivity index (χ2n) is 5.54. The van der Waals surface area contributed by atoms with Crippen LogP contribution in [0.5, 0.6) is 0 Å². The van der Waals surface area contributed by atoms with Crippen molar-refractivity contribution in [2.75, 3.05) is 18.5 Å². The highest BCUT2D eigenvalue weighted by Gasteiger charge is 2.21. The Morgan fingerprint density at radius 2 is 1.96 bits per heavy atom. The van der Waals surface area contributed by atoms with Crippen LogP contribution in [0.2, 0.25) is 0 Å². The van der Waals surface area contributed by atoms with E-state index in [1.807, 2.05) is 19.2 Å². The predicted molar refractivity (Wildman–Crippen MR) is 108 cm³/mol. The summed E-state index contributed by atoms with van der Waals surface area (Å²) < 4.78 is 31.7. The summed E-state index contributed by atoms with van der Waals surface area (Å²) in [4.78, 5) is 4.75. The van der Waals surface area contributed by atoms with E-state index in [0.717, 1.165) is 11.3 Å². The molecule has 2 aromatic heterocycles. The van der Waals surface area contributed by atoms with E-state index in [0.29, 0.717) is 24.0 Å². The standard InChI is InChI=1S/C18H20N4O3S2/c1-3-22(4-2)27(23,24)16-9-7-14(8-10-16)17-13-26-18(20-17)21-19-12-15-6-5-11-25-15/h5-13H,3-4H2,1-2H3,(H,20,21)/b19-12-. The molecular formula is C18H20N4O3S2. The fraction of sp³-hybridized carbons (Fsp3) is 0.222. The zero-order valence-electron chi connectivity index (χ0n) is 15.0. The summed E-state index contributed by atoms with van der Waals surface area (Å²) in [6.45, 7) is 4.54. The second kappa shape index (κ2) is 8.47. The van der Waals surface area contributed by atoms with Crippen molar-refractivity contribution >= 4 is 32.7 Å². The highest BCUT2D eigenvalue weighted by Crippen LogP contribution is 2.26. The van der Waals surface area contributed by atoms with Gasteiger partial charge in [-0.2, -0.15) is 9.41 Å². The van der Waals surface area contributed by atoms with Gasteiger partial charge in [-0.1, -0.05) is 26.0 Å². The summed E-state index contributed by atoms with van der Waals surface area (Å²) in [6.07, 6.45) is 3.14. The molecular weight excluding hydrogens is 384 g/mol. The molecule has 1 N–H and O–H groups in total. The first-order valence-electron chi connectivity index (χ1n) is 8.43. The maximum atomic E-state index is 12.5. The summed E-state index contributed by atoms with van der Waals surface area (Å²) in [5.74, 6) is 0.643. The van der Waals surface area contributed by atoms with Gasteiger partial charge in [0.05, 0.1) is 23.1 Å². The van der Waals surface area contributed by atoms with Crippen LogP contribution in [0.1, 0.15) is 19.6 Å². The number of hydrogen-bond acceptors (Lipinski definition) is 7. The van der Waals surface area contributed by atoms with Gasteiger partial charge >= 0.3 is 0 Å². The molecule has 0 radical (unpaired) electrons. The Morgan fingerprint density at radius 3 is 2.59 bits per heavy atom. The number of thiazole rings is 1. The lowest BCUT2D eigenvalue weighted by atomic mass is 10.2. The Hall–Kier alpha value is -2.49. The first-order valence-corrected chi connectivity index (χ1v) is 10.7. The van der Waals surface area contributed by atoms with Crippen LogP contribution < -0.4 is 5.43 Å². The van der Waals surface area contributed by atoms with Crippen molar-refractivity contribution in [3.63, 3.8) is 0 Å². The summed E-state index contributed by atoms with van der Waals surface area (Å²) >= 11 is 1.41. The molecule has 0 saturated carbocycles. The van der Waals surface area contributed by atoms with Gasteiger partial charge in [-0.15, -0.1) is 11.3 Å². The normalized spacial score (nSPS) is 12.1. The maximum Gasteiger partial charge on any atom is 0.243 e. The number of sulfonamides is 1. The third-order valence-electron chi connectivity index (χ3n) is 3.89. The average molecular weight is 405 g/mol. The molecule has 0 unspecified atom stereocenters. The zero-order valence-corrected chi connectivity index (χ0v) is 16.6. The largest absolute Gasteiger partial charge is 0.463 e. The number of anilines is 1. The van der Waals surface area contributed by atoms with Gasteiger partial charge in [0.2, 0.25) is 15.2 Å². The molecule has 27 heavy (non-hydrogen) atoms. The van der Waals surface area contributed by atoms with Crippen LogP contribution in [0, 0.1) is 0 Å². The monoisotopic (exact) mass is 404 g/mol. The Morgan fingerprint density at radius 1 is 1.22 bits per heavy atom. The SMILES string of the molecule is CCN(CC)S(=O)(=O)c1ccc(-c2csc(N/N=C\c3ccco3)n2)cc1. The van der Waals surface area contributed by atoms with Gasteiger partial charge in [0.25, 0.3) is 0 Å². The molecule has 3 aromatic rings. The zero-order chi connectivity index (χ0) is 19.3. The van der Waals surface area contributed by atoms with Crippen LogP contribution in [0.4, 0.5) is 5.13 Å². The molecule has 0 aliphatic carbocycles. The van der Waals surface area contributed by atoms with Crippen molar-refractivity contribution in [2.24, 2.45) is 5.10 Å². The molecule has 142 valence electrons. The van der Waals surface area contributed by atoms with Gasteiger partial charge in [0, 0.05) is 24.0 Å². The van der Waals surface area contributed by atoms with Crippen LogP contribution in [-0.4, -0.2) is 37.0 Å². The van der Waals surface area contributed by atoms with Crippen LogP contribution in [-0.2, 0) is 10.0 Å². The van der Waals surface area contributed by atoms with Crippen molar-refractivity contribution in [1.82, 2.24) is 9.29 Å². The third-order valence-corrected chi connectivity index (χ3v) is 6.70. The van der Waals surface area contributed by atoms with Gasteiger partial charge in [-0.05, 0) is 24.3 Å². The molecule has 2 heterocycles. The van der Waals surface area contributed by atoms with E-state index in [9.17, 15) is 8.42 Å². The van der Waals surface area contributed by atoms with E-state index in [1.54, 1.807) is 48.9 Å². The molecule has 1 aromatic carbocycles. The molecule has 3 rings (SSSR count). The molecule has 0 aliphatic heterocycles. The van der Waals surface area contributed by atoms with Crippen LogP contribution in [0.3, 0.4) is 0 Å². The van der Waals surface area contributed by atoms with Crippen LogP contribution in [0.15, 0.2) is 62.5 Å². The Bertz CT molecular complexity index is 990. The van der Waals surface area contributed by atoms with Crippen molar-refractivity contribution in [1.29, 1.82) is 0 Å². The van der Waals surface area contributed by atoms with Crippen molar-refractivity contribution < 1.29 is 12.8 Å². The van der Waals surface area contributed by atoms with Crippen molar-refractivity contribution in [3.05, 3.63) is 53.8 Å². The lowest BCUT2D eigenvalue weighted by Gasteiger charge is -2.18. The second-order valence-corrected chi connectivity index (χ2v) is 8.33. The van der Waals surface area contributed by atoms with Crippen molar-refractivity contribution in [2.45, 2.75) is 18.7 Å². The van der Waals surface area contributed by atoms with E-state index >= 15 is 0 Å². The number of benzene rings is 1. The van der Waals surface area contributed by atoms with Gasteiger partial charge in [0.15, 0.2) is 0 Å². The number of nitrogens with zero attached hydrogens (tertiary/aromatic N) is 3. The number of hydrogen-bond donors (Lipinski definition) is 1. The number of furan rings is 1. The summed E-state index contributed by atoms with van der Waals surface area (Å²) in [7, 11) is -3.45. The predicted octanol–water partition coefficient (Wildman–Crippen LogP) is 3.88. The Balaban J connectivity index is 1.71. The molecule has 0 fully saturated rings. The molecule has 0 saturated heterocycles. The van der Waals surface area contributed by atoms with Crippen molar-refractivity contribution in [3.8, 4) is 11.3 Å². The fourth-order valence-electron chi connectivity index (χ4n) is 2.48. The average Bonchev–Trinajstić information content (AvgIpc) is 3.35. The molecule has 0 amide bonds. The molecule has 0 atom stereocenters. The van der Waals surface area contributed by atoms with Crippen LogP contribution >= 0.6 is 11.3 Å². The minimum Gasteiger partial charge on any atom is -0.463 e. The third kappa shape index (κ3) is 4.44. The highest BCUT2D eigenvalue weighted by molar-refractivity contribution is 7.89. The lowest BCUT2D eigenvalue weighted by Crippen LogP contribution is -2.30. The fourth-order valence-corrected chi connectivity index (χ4v) is 4.61. The summed E-state index contributed by atoms with van der Waals surface area (Å²) in [5, 5.41) is 6.59. The van der Waals surface area contributed by atoms with E-state index in [1.165, 1.54) is 15.6 Å². The quantitative estimate of drug-likeness (QED) is 0.455. The van der Waals surface area contributed by atoms with E-state index in [2.05, 4.69) is 15.5 Å². The number of aromatic nitrogens is 1.